The summed E-state index contributed by atoms with van der Waals surface area (Å²) in [5.74, 6) is -0.675. The second-order valence-corrected chi connectivity index (χ2v) is 22.0. The van der Waals surface area contributed by atoms with Crippen LogP contribution in [0.5, 0.6) is 0 Å². The number of hydrogen-bond acceptors (Lipinski definition) is 19. The van der Waals surface area contributed by atoms with Crippen molar-refractivity contribution in [1.29, 1.82) is 0 Å². The number of carbonyl (C=O) groups excluding carboxylic acids is 2. The van der Waals surface area contributed by atoms with E-state index in [0.29, 0.717) is 46.5 Å². The molecule has 0 fully saturated rings. The maximum Gasteiger partial charge on any atom is 1.00 e. The van der Waals surface area contributed by atoms with E-state index in [0.717, 1.165) is 37.8 Å². The first-order chi connectivity index (χ1) is 35.3. The van der Waals surface area contributed by atoms with E-state index in [4.69, 9.17) is 29.7 Å². The van der Waals surface area contributed by atoms with Crippen molar-refractivity contribution in [3.63, 3.8) is 0 Å². The molecule has 6 rings (SSSR count). The van der Waals surface area contributed by atoms with Gasteiger partial charge in [0.2, 0.25) is 17.2 Å². The normalized spacial score (nSPS) is 11.2. The van der Waals surface area contributed by atoms with E-state index in [9.17, 15) is 48.5 Å². The summed E-state index contributed by atoms with van der Waals surface area (Å²) in [5, 5.41) is 8.72. The number of unbranched alkanes of at least 4 members (excludes halogenated alkanes) is 4. The van der Waals surface area contributed by atoms with Crippen molar-refractivity contribution >= 4 is 103 Å². The molecule has 31 heteroatoms. The molecule has 4 N–H and O–H groups in total. The van der Waals surface area contributed by atoms with Crippen LogP contribution in [0.15, 0.2) is 67.6 Å². The van der Waals surface area contributed by atoms with Crippen LogP contribution in [-0.4, -0.2) is 76.0 Å². The Kier molecular flexibility index (Phi) is 32.5. The van der Waals surface area contributed by atoms with Crippen molar-refractivity contribution in [3.8, 4) is 22.5 Å². The molecule has 22 nitrogen and oxygen atoms in total. The number of carbonyl (C=O) groups is 2. The molecule has 0 unspecified atom stereocenters. The summed E-state index contributed by atoms with van der Waals surface area (Å²) in [6, 6.07) is 16.5. The first-order valence-electron chi connectivity index (χ1n) is 22.9. The van der Waals surface area contributed by atoms with Crippen LogP contribution in [0.25, 0.3) is 33.4 Å². The van der Waals surface area contributed by atoms with E-state index in [1.165, 1.54) is 50.2 Å². The number of anilines is 4. The van der Waals surface area contributed by atoms with E-state index in [-0.39, 0.29) is 210 Å². The number of amides is 2. The van der Waals surface area contributed by atoms with Crippen molar-refractivity contribution in [2.75, 3.05) is 16.0 Å². The molecule has 0 spiro atoms. The minimum Gasteiger partial charge on any atom is -0.744 e. The molecule has 4 aromatic carbocycles. The monoisotopic (exact) mass is 1240 g/mol. The van der Waals surface area contributed by atoms with E-state index < -0.39 is 66.3 Å². The zero-order valence-corrected chi connectivity index (χ0v) is 58.2. The molecule has 1 heterocycles. The minimum absolute atomic E-state index is 0. The Morgan fingerprint density at radius 2 is 1.11 bits per heavy atom. The summed E-state index contributed by atoms with van der Waals surface area (Å²) < 4.78 is 173. The second kappa shape index (κ2) is 33.7. The van der Waals surface area contributed by atoms with Gasteiger partial charge in [-0.05, 0) is 68.0 Å². The maximum atomic E-state index is 13.2. The molecule has 0 bridgehead atoms. The van der Waals surface area contributed by atoms with E-state index in [1.54, 1.807) is 27.7 Å². The Balaban J connectivity index is 0.00000487. The van der Waals surface area contributed by atoms with Gasteiger partial charge in [0.1, 0.15) is 46.7 Å². The molecule has 4 aromatic rings. The summed E-state index contributed by atoms with van der Waals surface area (Å²) >= 11 is 0. The van der Waals surface area contributed by atoms with Gasteiger partial charge in [-0.2, -0.15) is 18.2 Å². The van der Waals surface area contributed by atoms with Gasteiger partial charge in [0, 0.05) is 35.4 Å². The van der Waals surface area contributed by atoms with Gasteiger partial charge < -0.3 is 34.0 Å². The van der Waals surface area contributed by atoms with Crippen LogP contribution in [0.1, 0.15) is 98.6 Å². The predicted molar refractivity (Wildman–Crippen MR) is 273 cm³/mol. The molecule has 1 aliphatic heterocycles. The Labute approximate surface area is 556 Å². The summed E-state index contributed by atoms with van der Waals surface area (Å²) in [5.41, 5.74) is 3.16. The van der Waals surface area contributed by atoms with Crippen molar-refractivity contribution in [2.24, 2.45) is 0 Å². The molecule has 0 saturated carbocycles. The van der Waals surface area contributed by atoms with Crippen molar-refractivity contribution in [1.82, 2.24) is 0 Å². The number of fused-ring (bicyclic) bond motifs is 2. The number of benzene rings is 5. The quantitative estimate of drug-likeness (QED) is 0.0217. The zero-order valence-electron chi connectivity index (χ0n) is 46.2. The first-order valence-corrected chi connectivity index (χ1v) is 29.2. The third kappa shape index (κ3) is 20.8. The van der Waals surface area contributed by atoms with E-state index >= 15 is 0 Å². The standard InChI is InChI=1S/C49H54N4O12S3.4Na.2O3S/c1-9-11-13-19-42(54)52-46-28(4)23-27(3)45(29(46)5)51-37-26-39-36(25-41(37)67(59,60)61)44(35-17-15-16-18-40(35)66(56,57)58)34-22-21-33(24-38(34)65-39)50-47-30(6)48(53-43(55)20-14-12-10-2)32(8)49(31(47)7)68(62,63)64;;;;;2*1-4(2)3/h15-18,22,24-26,50H,9-14,19-20H2,1-8H3,(H,52,54)(H,53,55)(H,56,57,58)(H,59,60,61)(H,62,63,64);;;;;;/q-2;4*+1;;/p-2. The Morgan fingerprint density at radius 3 is 1.61 bits per heavy atom. The molecule has 410 valence electrons. The molecule has 2 amide bonds. The number of rotatable bonds is 17. The topological polar surface area (TPSA) is 371 Å². The molecular formula is C49H52N4Na4O18S5. The van der Waals surface area contributed by atoms with Crippen LogP contribution in [0, 0.1) is 53.7 Å². The Bertz CT molecular complexity index is 3860. The van der Waals surface area contributed by atoms with Gasteiger partial charge in [0.25, 0.3) is 0 Å². The Hall–Kier alpha value is -2.72. The summed E-state index contributed by atoms with van der Waals surface area (Å²) in [7, 11) is -21.8. The fourth-order valence-electron chi connectivity index (χ4n) is 8.57. The number of nitrogens with one attached hydrogen (secondary N) is 4. The fourth-order valence-corrected chi connectivity index (χ4v) is 10.9. The van der Waals surface area contributed by atoms with E-state index in [1.807, 2.05) is 13.8 Å². The molecule has 0 saturated heterocycles. The smallest absolute Gasteiger partial charge is 0.744 e. The number of aryl methyl sites for hydroxylation is 2. The number of hydrogen-bond donors (Lipinski definition) is 4. The van der Waals surface area contributed by atoms with Gasteiger partial charge >= 0.3 is 139 Å². The SMILES string of the molecule is CCCCCC(=O)Nc1c(C)[c-]c(C)c([NH+]=c2cc3oc4cc(Nc5c(C)c(NC(=O)CCCCC)c(C)c(S(=O)(=O)[O-])c5C)[c-]cc4c(-c4ccccc4S(=O)(=O)[O-])c-3cc2S(=O)(=O)[O-])c1C.O=S(=O)=O.O=S(=O)=O.[Na+].[Na+].[Na+].[Na+]. The van der Waals surface area contributed by atoms with Gasteiger partial charge in [-0.3, -0.25) is 14.6 Å². The van der Waals surface area contributed by atoms with Crippen LogP contribution in [0.3, 0.4) is 0 Å². The van der Waals surface area contributed by atoms with Gasteiger partial charge in [-0.1, -0.05) is 112 Å². The van der Waals surface area contributed by atoms with Gasteiger partial charge in [0.05, 0.1) is 15.9 Å². The average molecular weight is 1240 g/mol. The molecule has 2 aliphatic rings. The second-order valence-electron chi connectivity index (χ2n) is 17.2. The molecule has 0 aromatic heterocycles. The summed E-state index contributed by atoms with van der Waals surface area (Å²) in [6.45, 7) is 13.7. The summed E-state index contributed by atoms with van der Waals surface area (Å²) in [4.78, 5) is 27.1. The van der Waals surface area contributed by atoms with Crippen LogP contribution < -0.4 is 145 Å². The summed E-state index contributed by atoms with van der Waals surface area (Å²) in [6.07, 6.45) is 5.18. The van der Waals surface area contributed by atoms with Crippen molar-refractivity contribution < 1.29 is 201 Å². The largest absolute Gasteiger partial charge is 1.00 e. The molecule has 80 heavy (non-hydrogen) atoms. The fraction of sp³-hybridized carbons (Fsp3) is 0.327. The average Bonchev–Trinajstić information content (AvgIpc) is 3.29. The van der Waals surface area contributed by atoms with Crippen molar-refractivity contribution in [3.05, 3.63) is 99.4 Å². The molecule has 1 aliphatic carbocycles. The van der Waals surface area contributed by atoms with Crippen LogP contribution >= 0.6 is 0 Å². The van der Waals surface area contributed by atoms with Crippen LogP contribution in [-0.2, 0) is 61.2 Å². The first kappa shape index (κ1) is 77.3. The third-order valence-corrected chi connectivity index (χ3v) is 14.7. The maximum absolute atomic E-state index is 13.2. The third-order valence-electron chi connectivity index (χ3n) is 11.8. The van der Waals surface area contributed by atoms with E-state index in [2.05, 4.69) is 33.1 Å². The van der Waals surface area contributed by atoms with Crippen molar-refractivity contribution in [2.45, 2.75) is 121 Å². The molecule has 0 radical (unpaired) electrons. The predicted octanol–water partition coefficient (Wildman–Crippen LogP) is -6.53. The van der Waals surface area contributed by atoms with Gasteiger partial charge in [-0.15, -0.1) is 36.9 Å². The minimum atomic E-state index is -5.32. The van der Waals surface area contributed by atoms with Gasteiger partial charge in [-0.25, -0.2) is 25.3 Å². The zero-order chi connectivity index (χ0) is 57.2. The van der Waals surface area contributed by atoms with Gasteiger partial charge in [0.15, 0.2) is 0 Å². The van der Waals surface area contributed by atoms with Crippen LogP contribution in [0.4, 0.5) is 28.4 Å². The molecule has 0 atom stereocenters. The van der Waals surface area contributed by atoms with Crippen LogP contribution in [0.2, 0.25) is 0 Å². The Morgan fingerprint density at radius 1 is 0.613 bits per heavy atom. The molecular weight excluding hydrogens is 1180 g/mol.